The summed E-state index contributed by atoms with van der Waals surface area (Å²) >= 11 is 0. The van der Waals surface area contributed by atoms with Gasteiger partial charge in [-0.3, -0.25) is 9.59 Å². The third-order valence-electron chi connectivity index (χ3n) is 4.32. The first-order valence-corrected chi connectivity index (χ1v) is 7.82. The summed E-state index contributed by atoms with van der Waals surface area (Å²) in [5.74, 6) is -0.0619. The highest BCUT2D eigenvalue weighted by atomic mass is 16.2. The van der Waals surface area contributed by atoms with Gasteiger partial charge < -0.3 is 9.80 Å². The summed E-state index contributed by atoms with van der Waals surface area (Å²) in [5, 5.41) is 4.36. The van der Waals surface area contributed by atoms with E-state index in [1.807, 2.05) is 11.0 Å². The van der Waals surface area contributed by atoms with Crippen LogP contribution in [0.1, 0.15) is 48.3 Å². The van der Waals surface area contributed by atoms with Gasteiger partial charge in [-0.05, 0) is 25.3 Å². The predicted molar refractivity (Wildman–Crippen MR) is 85.0 cm³/mol. The minimum Gasteiger partial charge on any atom is -0.345 e. The molecule has 0 saturated carbocycles. The molecule has 0 unspecified atom stereocenters. The fourth-order valence-electron chi connectivity index (χ4n) is 3.17. The van der Waals surface area contributed by atoms with Crippen LogP contribution in [0.3, 0.4) is 0 Å². The van der Waals surface area contributed by atoms with Crippen molar-refractivity contribution in [2.24, 2.45) is 0 Å². The molecule has 7 heteroatoms. The molecule has 122 valence electrons. The molecule has 2 aromatic heterocycles. The predicted octanol–water partition coefficient (Wildman–Crippen LogP) is 1.50. The van der Waals surface area contributed by atoms with Gasteiger partial charge in [0.25, 0.3) is 5.91 Å². The van der Waals surface area contributed by atoms with Crippen molar-refractivity contribution in [3.63, 3.8) is 0 Å². The molecule has 0 N–H and O–H groups in total. The Balaban J connectivity index is 2.08. The first-order chi connectivity index (χ1) is 11.0. The van der Waals surface area contributed by atoms with Crippen LogP contribution in [0.25, 0.3) is 5.65 Å². The van der Waals surface area contributed by atoms with E-state index in [1.54, 1.807) is 37.9 Å². The molecule has 0 radical (unpaired) electrons. The Morgan fingerprint density at radius 3 is 2.78 bits per heavy atom. The molecule has 23 heavy (non-hydrogen) atoms. The lowest BCUT2D eigenvalue weighted by atomic mass is 9.99. The summed E-state index contributed by atoms with van der Waals surface area (Å²) in [4.78, 5) is 31.9. The number of likely N-dealkylation sites (tertiary alicyclic amines) is 1. The highest BCUT2D eigenvalue weighted by Crippen LogP contribution is 2.31. The normalized spacial score (nSPS) is 18.2. The molecule has 7 nitrogen and oxygen atoms in total. The number of fused-ring (bicyclic) bond motifs is 1. The summed E-state index contributed by atoms with van der Waals surface area (Å²) in [5.41, 5.74) is 1.92. The smallest absolute Gasteiger partial charge is 0.258 e. The zero-order valence-corrected chi connectivity index (χ0v) is 13.7. The fraction of sp³-hybridized carbons (Fsp3) is 0.500. The van der Waals surface area contributed by atoms with Crippen molar-refractivity contribution in [1.29, 1.82) is 0 Å². The van der Waals surface area contributed by atoms with Crippen LogP contribution < -0.4 is 0 Å². The van der Waals surface area contributed by atoms with Gasteiger partial charge in [-0.25, -0.2) is 9.50 Å². The Kier molecular flexibility index (Phi) is 4.02. The Hall–Kier alpha value is -2.44. The maximum absolute atomic E-state index is 12.2. The zero-order chi connectivity index (χ0) is 16.6. The van der Waals surface area contributed by atoms with Crippen LogP contribution >= 0.6 is 0 Å². The Morgan fingerprint density at radius 1 is 1.30 bits per heavy atom. The first-order valence-electron chi connectivity index (χ1n) is 7.82. The highest BCUT2D eigenvalue weighted by molar-refractivity contribution is 5.99. The molecule has 0 aliphatic carbocycles. The lowest BCUT2D eigenvalue weighted by molar-refractivity contribution is -0.132. The number of amides is 2. The van der Waals surface area contributed by atoms with Gasteiger partial charge in [0.15, 0.2) is 5.65 Å². The first kappa shape index (κ1) is 15.5. The van der Waals surface area contributed by atoms with Crippen molar-refractivity contribution >= 4 is 17.5 Å². The molecule has 2 aromatic rings. The van der Waals surface area contributed by atoms with E-state index < -0.39 is 0 Å². The van der Waals surface area contributed by atoms with Crippen LogP contribution in [0, 0.1) is 0 Å². The van der Waals surface area contributed by atoms with Crippen LogP contribution in [0.5, 0.6) is 0 Å². The van der Waals surface area contributed by atoms with Crippen LogP contribution in [0.4, 0.5) is 0 Å². The molecule has 0 bridgehead atoms. The quantitative estimate of drug-likeness (QED) is 0.842. The maximum Gasteiger partial charge on any atom is 0.258 e. The van der Waals surface area contributed by atoms with E-state index in [9.17, 15) is 9.59 Å². The van der Waals surface area contributed by atoms with Crippen molar-refractivity contribution in [2.45, 2.75) is 32.2 Å². The van der Waals surface area contributed by atoms with Gasteiger partial charge in [0.05, 0.1) is 17.9 Å². The second-order valence-electron chi connectivity index (χ2n) is 6.09. The topological polar surface area (TPSA) is 70.8 Å². The molecule has 0 aromatic carbocycles. The van der Waals surface area contributed by atoms with E-state index in [4.69, 9.17) is 0 Å². The number of rotatable bonds is 2. The van der Waals surface area contributed by atoms with Gasteiger partial charge in [-0.15, -0.1) is 0 Å². The monoisotopic (exact) mass is 315 g/mol. The highest BCUT2D eigenvalue weighted by Gasteiger charge is 2.29. The van der Waals surface area contributed by atoms with E-state index in [1.165, 1.54) is 4.90 Å². The molecule has 1 atom stereocenters. The third kappa shape index (κ3) is 2.67. The van der Waals surface area contributed by atoms with Crippen LogP contribution in [0.15, 0.2) is 18.5 Å². The SMILES string of the molecule is CC(=O)N1CCCC[C@@H]1c1ccnc2c(C(=O)N(C)C)cnn12. The zero-order valence-electron chi connectivity index (χ0n) is 13.7. The largest absolute Gasteiger partial charge is 0.345 e. The number of hydrogen-bond donors (Lipinski definition) is 0. The van der Waals surface area contributed by atoms with Crippen LogP contribution in [0.2, 0.25) is 0 Å². The molecular formula is C16H21N5O2. The summed E-state index contributed by atoms with van der Waals surface area (Å²) in [6.45, 7) is 2.36. The van der Waals surface area contributed by atoms with E-state index >= 15 is 0 Å². The van der Waals surface area contributed by atoms with Crippen molar-refractivity contribution in [3.05, 3.63) is 29.7 Å². The standard InChI is InChI=1S/C16H21N5O2/c1-11(22)20-9-5-4-6-13(20)14-7-8-17-15-12(10-18-21(14)15)16(23)19(2)3/h7-8,10,13H,4-6,9H2,1-3H3/t13-/m1/s1. The summed E-state index contributed by atoms with van der Waals surface area (Å²) in [6.07, 6.45) is 6.23. The van der Waals surface area contributed by atoms with Crippen molar-refractivity contribution < 1.29 is 9.59 Å². The Morgan fingerprint density at radius 2 is 2.09 bits per heavy atom. The van der Waals surface area contributed by atoms with Crippen molar-refractivity contribution in [2.75, 3.05) is 20.6 Å². The summed E-state index contributed by atoms with van der Waals surface area (Å²) in [6, 6.07) is 1.87. The number of aromatic nitrogens is 3. The Bertz CT molecular complexity index is 752. The number of carbonyl (C=O) groups is 2. The molecule has 2 amide bonds. The lowest BCUT2D eigenvalue weighted by Crippen LogP contribution is -2.37. The van der Waals surface area contributed by atoms with Gasteiger partial charge in [0, 0.05) is 33.8 Å². The molecule has 3 rings (SSSR count). The average molecular weight is 315 g/mol. The number of piperidine rings is 1. The second-order valence-corrected chi connectivity index (χ2v) is 6.09. The molecule has 1 saturated heterocycles. The minimum atomic E-state index is -0.128. The molecule has 1 fully saturated rings. The fourth-order valence-corrected chi connectivity index (χ4v) is 3.17. The van der Waals surface area contributed by atoms with Gasteiger partial charge in [-0.1, -0.05) is 0 Å². The molecular weight excluding hydrogens is 294 g/mol. The number of carbonyl (C=O) groups excluding carboxylic acids is 2. The van der Waals surface area contributed by atoms with Crippen molar-refractivity contribution in [1.82, 2.24) is 24.4 Å². The van der Waals surface area contributed by atoms with Crippen LogP contribution in [-0.2, 0) is 4.79 Å². The Labute approximate surface area is 134 Å². The lowest BCUT2D eigenvalue weighted by Gasteiger charge is -2.35. The summed E-state index contributed by atoms with van der Waals surface area (Å²) in [7, 11) is 3.41. The number of nitrogens with zero attached hydrogens (tertiary/aromatic N) is 5. The van der Waals surface area contributed by atoms with Gasteiger partial charge in [0.1, 0.15) is 5.56 Å². The third-order valence-corrected chi connectivity index (χ3v) is 4.32. The van der Waals surface area contributed by atoms with E-state index in [2.05, 4.69) is 10.1 Å². The van der Waals surface area contributed by atoms with Gasteiger partial charge in [0.2, 0.25) is 5.91 Å². The van der Waals surface area contributed by atoms with E-state index in [0.29, 0.717) is 11.2 Å². The van der Waals surface area contributed by atoms with Crippen LogP contribution in [-0.4, -0.2) is 56.9 Å². The second kappa shape index (κ2) is 5.98. The maximum atomic E-state index is 12.2. The van der Waals surface area contributed by atoms with Gasteiger partial charge >= 0.3 is 0 Å². The molecule has 0 spiro atoms. The van der Waals surface area contributed by atoms with Gasteiger partial charge in [-0.2, -0.15) is 5.10 Å². The summed E-state index contributed by atoms with van der Waals surface area (Å²) < 4.78 is 1.70. The van der Waals surface area contributed by atoms with E-state index in [-0.39, 0.29) is 17.9 Å². The molecule has 1 aliphatic heterocycles. The number of hydrogen-bond acceptors (Lipinski definition) is 4. The average Bonchev–Trinajstić information content (AvgIpc) is 2.97. The van der Waals surface area contributed by atoms with Crippen molar-refractivity contribution in [3.8, 4) is 0 Å². The molecule has 3 heterocycles. The molecule has 1 aliphatic rings. The minimum absolute atomic E-state index is 0.0195. The van der Waals surface area contributed by atoms with E-state index in [0.717, 1.165) is 31.5 Å².